The van der Waals surface area contributed by atoms with Crippen LogP contribution < -0.4 is 5.32 Å². The summed E-state index contributed by atoms with van der Waals surface area (Å²) in [5.74, 6) is 0.195. The fourth-order valence-corrected chi connectivity index (χ4v) is 4.67. The van der Waals surface area contributed by atoms with Gasteiger partial charge in [0.1, 0.15) is 0 Å². The van der Waals surface area contributed by atoms with Gasteiger partial charge in [0, 0.05) is 31.6 Å². The smallest absolute Gasteiger partial charge is 0.220 e. The monoisotopic (exact) mass is 362 g/mol. The summed E-state index contributed by atoms with van der Waals surface area (Å²) in [6.45, 7) is 2.17. The molecular formula is C24H30N2O. The molecular weight excluding hydrogens is 332 g/mol. The van der Waals surface area contributed by atoms with Crippen molar-refractivity contribution < 1.29 is 4.79 Å². The third-order valence-corrected chi connectivity index (χ3v) is 6.16. The lowest BCUT2D eigenvalue weighted by atomic mass is 9.86. The zero-order valence-corrected chi connectivity index (χ0v) is 16.1. The van der Waals surface area contributed by atoms with Crippen LogP contribution in [0.1, 0.15) is 54.8 Å². The lowest BCUT2D eigenvalue weighted by Gasteiger charge is -2.40. The molecule has 0 aromatic heterocycles. The fraction of sp³-hybridized carbons (Fsp3) is 0.458. The van der Waals surface area contributed by atoms with Crippen molar-refractivity contribution >= 4 is 5.91 Å². The Labute approximate surface area is 162 Å². The minimum Gasteiger partial charge on any atom is -0.353 e. The SMILES string of the molecule is O=C(CCc1ccccc1)NC1CCN([C@H]2CCCc3ccccc32)CC1. The molecule has 27 heavy (non-hydrogen) atoms. The number of hydrogen-bond acceptors (Lipinski definition) is 2. The van der Waals surface area contributed by atoms with Gasteiger partial charge in [0.15, 0.2) is 0 Å². The Hall–Kier alpha value is -2.13. The van der Waals surface area contributed by atoms with Crippen molar-refractivity contribution in [1.82, 2.24) is 10.2 Å². The molecule has 2 aliphatic rings. The van der Waals surface area contributed by atoms with Crippen LogP contribution in [-0.4, -0.2) is 29.9 Å². The molecule has 1 saturated heterocycles. The minimum absolute atomic E-state index is 0.195. The lowest BCUT2D eigenvalue weighted by Crippen LogP contribution is -2.46. The number of aryl methyl sites for hydroxylation is 2. The molecule has 0 radical (unpaired) electrons. The third-order valence-electron chi connectivity index (χ3n) is 6.16. The van der Waals surface area contributed by atoms with Gasteiger partial charge in [-0.25, -0.2) is 0 Å². The zero-order chi connectivity index (χ0) is 18.5. The molecule has 4 rings (SSSR count). The van der Waals surface area contributed by atoms with E-state index in [1.807, 2.05) is 18.2 Å². The van der Waals surface area contributed by atoms with Crippen LogP contribution in [0.15, 0.2) is 54.6 Å². The molecule has 1 amide bonds. The second-order valence-electron chi connectivity index (χ2n) is 7.97. The number of rotatable bonds is 5. The lowest BCUT2D eigenvalue weighted by molar-refractivity contribution is -0.122. The zero-order valence-electron chi connectivity index (χ0n) is 16.1. The molecule has 0 spiro atoms. The van der Waals surface area contributed by atoms with E-state index in [0.717, 1.165) is 32.4 Å². The topological polar surface area (TPSA) is 32.3 Å². The van der Waals surface area contributed by atoms with Crippen molar-refractivity contribution in [3.8, 4) is 0 Å². The van der Waals surface area contributed by atoms with Crippen molar-refractivity contribution in [3.05, 3.63) is 71.3 Å². The highest BCUT2D eigenvalue weighted by atomic mass is 16.1. The summed E-state index contributed by atoms with van der Waals surface area (Å²) in [4.78, 5) is 15.0. The van der Waals surface area contributed by atoms with Gasteiger partial charge >= 0.3 is 0 Å². The average Bonchev–Trinajstić information content (AvgIpc) is 2.73. The Morgan fingerprint density at radius 3 is 2.52 bits per heavy atom. The van der Waals surface area contributed by atoms with Crippen LogP contribution in [0.2, 0.25) is 0 Å². The summed E-state index contributed by atoms with van der Waals surface area (Å²) in [7, 11) is 0. The standard InChI is InChI=1S/C24H30N2O/c27-24(14-13-19-7-2-1-3-8-19)25-21-15-17-26(18-16-21)23-12-6-10-20-9-4-5-11-22(20)23/h1-5,7-9,11,21,23H,6,10,12-18H2,(H,25,27)/t23-/m0/s1. The first kappa shape index (κ1) is 18.2. The summed E-state index contributed by atoms with van der Waals surface area (Å²) >= 11 is 0. The van der Waals surface area contributed by atoms with Crippen molar-refractivity contribution in [1.29, 1.82) is 0 Å². The van der Waals surface area contributed by atoms with Gasteiger partial charge < -0.3 is 5.32 Å². The van der Waals surface area contributed by atoms with Gasteiger partial charge in [-0.3, -0.25) is 9.69 Å². The molecule has 1 fully saturated rings. The van der Waals surface area contributed by atoms with E-state index in [1.54, 1.807) is 0 Å². The summed E-state index contributed by atoms with van der Waals surface area (Å²) in [6.07, 6.45) is 7.32. The van der Waals surface area contributed by atoms with Crippen LogP contribution in [-0.2, 0) is 17.6 Å². The molecule has 1 atom stereocenters. The molecule has 142 valence electrons. The Kier molecular flexibility index (Phi) is 5.88. The highest BCUT2D eigenvalue weighted by Gasteiger charge is 2.29. The molecule has 0 unspecified atom stereocenters. The third kappa shape index (κ3) is 4.59. The summed E-state index contributed by atoms with van der Waals surface area (Å²) in [6, 6.07) is 20.1. The highest BCUT2D eigenvalue weighted by molar-refractivity contribution is 5.76. The van der Waals surface area contributed by atoms with Gasteiger partial charge in [-0.1, -0.05) is 54.6 Å². The van der Waals surface area contributed by atoms with E-state index in [1.165, 1.54) is 36.0 Å². The molecule has 1 N–H and O–H groups in total. The van der Waals surface area contributed by atoms with E-state index in [-0.39, 0.29) is 5.91 Å². The number of benzene rings is 2. The van der Waals surface area contributed by atoms with Crippen molar-refractivity contribution in [2.24, 2.45) is 0 Å². The maximum absolute atomic E-state index is 12.3. The van der Waals surface area contributed by atoms with Crippen LogP contribution >= 0.6 is 0 Å². The Morgan fingerprint density at radius 2 is 1.70 bits per heavy atom. The Morgan fingerprint density at radius 1 is 0.963 bits per heavy atom. The Balaban J connectivity index is 1.25. The number of likely N-dealkylation sites (tertiary alicyclic amines) is 1. The van der Waals surface area contributed by atoms with Crippen molar-refractivity contribution in [2.45, 2.75) is 57.0 Å². The summed E-state index contributed by atoms with van der Waals surface area (Å²) in [5, 5.41) is 3.27. The van der Waals surface area contributed by atoms with Gasteiger partial charge in [0.2, 0.25) is 5.91 Å². The van der Waals surface area contributed by atoms with E-state index >= 15 is 0 Å². The predicted molar refractivity (Wildman–Crippen MR) is 110 cm³/mol. The van der Waals surface area contributed by atoms with Crippen LogP contribution in [0.25, 0.3) is 0 Å². The van der Waals surface area contributed by atoms with Crippen LogP contribution in [0.3, 0.4) is 0 Å². The molecule has 1 aliphatic heterocycles. The minimum atomic E-state index is 0.195. The predicted octanol–water partition coefficient (Wildman–Crippen LogP) is 4.28. The number of fused-ring (bicyclic) bond motifs is 1. The maximum atomic E-state index is 12.3. The second kappa shape index (κ2) is 8.71. The van der Waals surface area contributed by atoms with Crippen LogP contribution in [0, 0.1) is 0 Å². The maximum Gasteiger partial charge on any atom is 0.220 e. The fourth-order valence-electron chi connectivity index (χ4n) is 4.67. The Bertz CT molecular complexity index is 750. The first-order valence-corrected chi connectivity index (χ1v) is 10.4. The number of piperidine rings is 1. The molecule has 0 bridgehead atoms. The van der Waals surface area contributed by atoms with Crippen molar-refractivity contribution in [3.63, 3.8) is 0 Å². The van der Waals surface area contributed by atoms with Crippen LogP contribution in [0.5, 0.6) is 0 Å². The molecule has 1 aliphatic carbocycles. The first-order chi connectivity index (χ1) is 13.3. The molecule has 2 aromatic rings. The normalized spacial score (nSPS) is 20.8. The van der Waals surface area contributed by atoms with E-state index < -0.39 is 0 Å². The molecule has 1 heterocycles. The number of carbonyl (C=O) groups is 1. The van der Waals surface area contributed by atoms with Crippen molar-refractivity contribution in [2.75, 3.05) is 13.1 Å². The molecule has 0 saturated carbocycles. The van der Waals surface area contributed by atoms with Gasteiger partial charge in [-0.2, -0.15) is 0 Å². The largest absolute Gasteiger partial charge is 0.353 e. The van der Waals surface area contributed by atoms with E-state index in [9.17, 15) is 4.79 Å². The second-order valence-corrected chi connectivity index (χ2v) is 7.97. The number of nitrogens with one attached hydrogen (secondary N) is 1. The molecule has 3 heteroatoms. The quantitative estimate of drug-likeness (QED) is 0.861. The highest BCUT2D eigenvalue weighted by Crippen LogP contribution is 2.35. The number of nitrogens with zero attached hydrogens (tertiary/aromatic N) is 1. The number of carbonyl (C=O) groups excluding carboxylic acids is 1. The van der Waals surface area contributed by atoms with Crippen LogP contribution in [0.4, 0.5) is 0 Å². The molecule has 2 aromatic carbocycles. The van der Waals surface area contributed by atoms with Gasteiger partial charge in [-0.05, 0) is 55.2 Å². The van der Waals surface area contributed by atoms with E-state index in [2.05, 4.69) is 46.6 Å². The van der Waals surface area contributed by atoms with Gasteiger partial charge in [0.05, 0.1) is 0 Å². The van der Waals surface area contributed by atoms with E-state index in [4.69, 9.17) is 0 Å². The average molecular weight is 363 g/mol. The number of amides is 1. The first-order valence-electron chi connectivity index (χ1n) is 10.4. The molecule has 3 nitrogen and oxygen atoms in total. The van der Waals surface area contributed by atoms with Gasteiger partial charge in [0.25, 0.3) is 0 Å². The van der Waals surface area contributed by atoms with Gasteiger partial charge in [-0.15, -0.1) is 0 Å². The summed E-state index contributed by atoms with van der Waals surface area (Å²) < 4.78 is 0. The van der Waals surface area contributed by atoms with E-state index in [0.29, 0.717) is 18.5 Å². The summed E-state index contributed by atoms with van der Waals surface area (Å²) in [5.41, 5.74) is 4.30. The number of hydrogen-bond donors (Lipinski definition) is 1.